The van der Waals surface area contributed by atoms with Crippen LogP contribution < -0.4 is 9.88 Å². The Balaban J connectivity index is 2.77. The molecule has 108 valence electrons. The predicted molar refractivity (Wildman–Crippen MR) is 77.8 cm³/mol. The van der Waals surface area contributed by atoms with Gasteiger partial charge < -0.3 is 4.74 Å². The van der Waals surface area contributed by atoms with Gasteiger partial charge in [0.15, 0.2) is 0 Å². The highest BCUT2D eigenvalue weighted by molar-refractivity contribution is 7.89. The normalized spacial score (nSPS) is 12.7. The van der Waals surface area contributed by atoms with E-state index in [9.17, 15) is 8.42 Å². The molecule has 4 nitrogen and oxygen atoms in total. The van der Waals surface area contributed by atoms with Crippen LogP contribution in [0.5, 0.6) is 5.75 Å². The number of ether oxygens (including phenoxy) is 1. The lowest BCUT2D eigenvalue weighted by Gasteiger charge is -2.24. The summed E-state index contributed by atoms with van der Waals surface area (Å²) in [6.07, 6.45) is 0. The zero-order chi connectivity index (χ0) is 14.7. The molecular formula is C14H23NO3S. The lowest BCUT2D eigenvalue weighted by atomic mass is 9.97. The minimum atomic E-state index is -3.49. The highest BCUT2D eigenvalue weighted by atomic mass is 32.2. The van der Waals surface area contributed by atoms with Gasteiger partial charge in [0.25, 0.3) is 0 Å². The monoisotopic (exact) mass is 285 g/mol. The average molecular weight is 285 g/mol. The van der Waals surface area contributed by atoms with E-state index in [0.29, 0.717) is 12.5 Å². The highest BCUT2D eigenvalue weighted by Gasteiger charge is 2.25. The molecule has 0 aliphatic rings. The minimum Gasteiger partial charge on any atom is -0.493 e. The molecule has 1 aromatic rings. The third kappa shape index (κ3) is 5.61. The summed E-state index contributed by atoms with van der Waals surface area (Å²) in [5.74, 6) is 1.07. The van der Waals surface area contributed by atoms with Crippen LogP contribution in [0, 0.1) is 5.41 Å². The predicted octanol–water partition coefficient (Wildman–Crippen LogP) is 2.50. The molecule has 2 N–H and O–H groups in total. The van der Waals surface area contributed by atoms with Crippen LogP contribution in [0.2, 0.25) is 0 Å². The first-order chi connectivity index (χ1) is 8.61. The average Bonchev–Trinajstić information content (AvgIpc) is 2.23. The second-order valence-corrected chi connectivity index (χ2v) is 7.57. The van der Waals surface area contributed by atoms with Crippen LogP contribution in [0.1, 0.15) is 39.2 Å². The van der Waals surface area contributed by atoms with Gasteiger partial charge in [0.1, 0.15) is 5.75 Å². The van der Waals surface area contributed by atoms with Gasteiger partial charge in [0, 0.05) is 5.41 Å². The van der Waals surface area contributed by atoms with Crippen LogP contribution in [-0.2, 0) is 10.0 Å². The lowest BCUT2D eigenvalue weighted by Crippen LogP contribution is -2.33. The first-order valence-corrected chi connectivity index (χ1v) is 8.04. The molecule has 0 spiro atoms. The van der Waals surface area contributed by atoms with Crippen molar-refractivity contribution in [2.24, 2.45) is 10.6 Å². The molecule has 1 aromatic carbocycles. The number of nitrogens with two attached hydrogens (primary N) is 1. The van der Waals surface area contributed by atoms with Crippen molar-refractivity contribution in [2.45, 2.75) is 33.6 Å². The van der Waals surface area contributed by atoms with Crippen LogP contribution in [0.15, 0.2) is 24.3 Å². The summed E-state index contributed by atoms with van der Waals surface area (Å²) < 4.78 is 28.1. The summed E-state index contributed by atoms with van der Waals surface area (Å²) in [5, 5.41) is 5.09. The second-order valence-electron chi connectivity index (χ2n) is 5.95. The van der Waals surface area contributed by atoms with Gasteiger partial charge in [-0.1, -0.05) is 45.9 Å². The minimum absolute atomic E-state index is 0.0934. The van der Waals surface area contributed by atoms with Crippen molar-refractivity contribution < 1.29 is 13.2 Å². The molecule has 5 heteroatoms. The van der Waals surface area contributed by atoms with Gasteiger partial charge in [0.05, 0.1) is 12.4 Å². The van der Waals surface area contributed by atoms with Gasteiger partial charge in [-0.3, -0.25) is 0 Å². The van der Waals surface area contributed by atoms with Gasteiger partial charge in [-0.25, -0.2) is 13.6 Å². The molecular weight excluding hydrogens is 262 g/mol. The van der Waals surface area contributed by atoms with Crippen molar-refractivity contribution in [1.29, 1.82) is 0 Å². The fourth-order valence-corrected chi connectivity index (χ4v) is 3.12. The van der Waals surface area contributed by atoms with E-state index in [-0.39, 0.29) is 5.75 Å². The molecule has 0 heterocycles. The fraction of sp³-hybridized carbons (Fsp3) is 0.571. The smallest absolute Gasteiger partial charge is 0.209 e. The van der Waals surface area contributed by atoms with E-state index >= 15 is 0 Å². The Labute approximate surface area is 116 Å². The Hall–Kier alpha value is -1.07. The van der Waals surface area contributed by atoms with Crippen molar-refractivity contribution in [3.05, 3.63) is 29.8 Å². The molecule has 0 atom stereocenters. The topological polar surface area (TPSA) is 69.4 Å². The first-order valence-electron chi connectivity index (χ1n) is 6.33. The van der Waals surface area contributed by atoms with Crippen LogP contribution >= 0.6 is 0 Å². The Bertz CT molecular complexity index is 521. The standard InChI is InChI=1S/C14H23NO3S/c1-11(2)12-7-5-6-8-13(12)18-9-14(3,4)10-19(15,16)17/h5-8,11H,9-10H2,1-4H3,(H2,15,16,17). The highest BCUT2D eigenvalue weighted by Crippen LogP contribution is 2.28. The van der Waals surface area contributed by atoms with Gasteiger partial charge >= 0.3 is 0 Å². The molecule has 0 bridgehead atoms. The van der Waals surface area contributed by atoms with Crippen molar-refractivity contribution in [3.63, 3.8) is 0 Å². The fourth-order valence-electron chi connectivity index (χ4n) is 1.95. The van der Waals surface area contributed by atoms with Gasteiger partial charge in [-0.15, -0.1) is 0 Å². The molecule has 1 rings (SSSR count). The summed E-state index contributed by atoms with van der Waals surface area (Å²) in [6.45, 7) is 8.16. The van der Waals surface area contributed by atoms with Crippen LogP contribution in [-0.4, -0.2) is 20.8 Å². The zero-order valence-electron chi connectivity index (χ0n) is 12.0. The molecule has 19 heavy (non-hydrogen) atoms. The largest absolute Gasteiger partial charge is 0.493 e. The number of primary sulfonamides is 1. The molecule has 0 fully saturated rings. The molecule has 0 amide bonds. The van der Waals surface area contributed by atoms with E-state index in [4.69, 9.17) is 9.88 Å². The molecule has 0 unspecified atom stereocenters. The maximum absolute atomic E-state index is 11.2. The Kier molecular flexibility index (Phi) is 4.98. The maximum Gasteiger partial charge on any atom is 0.209 e. The number of benzene rings is 1. The van der Waals surface area contributed by atoms with E-state index < -0.39 is 15.4 Å². The van der Waals surface area contributed by atoms with Crippen LogP contribution in [0.3, 0.4) is 0 Å². The number of para-hydroxylation sites is 1. The SMILES string of the molecule is CC(C)c1ccccc1OCC(C)(C)CS(N)(=O)=O. The summed E-state index contributed by atoms with van der Waals surface area (Å²) in [5.41, 5.74) is 0.603. The molecule has 0 radical (unpaired) electrons. The van der Waals surface area contributed by atoms with Crippen molar-refractivity contribution in [2.75, 3.05) is 12.4 Å². The second kappa shape index (κ2) is 5.92. The number of sulfonamides is 1. The van der Waals surface area contributed by atoms with Gasteiger partial charge in [0.2, 0.25) is 10.0 Å². The molecule has 0 aliphatic carbocycles. The van der Waals surface area contributed by atoms with E-state index in [1.165, 1.54) is 0 Å². The first kappa shape index (κ1) is 16.0. The summed E-state index contributed by atoms with van der Waals surface area (Å²) in [6, 6.07) is 7.81. The molecule has 0 aliphatic heterocycles. The van der Waals surface area contributed by atoms with Gasteiger partial charge in [-0.2, -0.15) is 0 Å². The van der Waals surface area contributed by atoms with Gasteiger partial charge in [-0.05, 0) is 17.5 Å². The lowest BCUT2D eigenvalue weighted by molar-refractivity contribution is 0.198. The Morgan fingerprint density at radius 2 is 1.84 bits per heavy atom. The van der Waals surface area contributed by atoms with E-state index in [1.807, 2.05) is 38.1 Å². The third-order valence-electron chi connectivity index (χ3n) is 2.75. The maximum atomic E-state index is 11.2. The summed E-state index contributed by atoms with van der Waals surface area (Å²) in [7, 11) is -3.49. The number of rotatable bonds is 6. The summed E-state index contributed by atoms with van der Waals surface area (Å²) in [4.78, 5) is 0. The third-order valence-corrected chi connectivity index (χ3v) is 3.94. The van der Waals surface area contributed by atoms with E-state index in [1.54, 1.807) is 0 Å². The Morgan fingerprint density at radius 3 is 2.37 bits per heavy atom. The zero-order valence-corrected chi connectivity index (χ0v) is 12.8. The summed E-state index contributed by atoms with van der Waals surface area (Å²) >= 11 is 0. The van der Waals surface area contributed by atoms with Crippen molar-refractivity contribution >= 4 is 10.0 Å². The van der Waals surface area contributed by atoms with Crippen molar-refractivity contribution in [1.82, 2.24) is 0 Å². The van der Waals surface area contributed by atoms with Crippen LogP contribution in [0.4, 0.5) is 0 Å². The van der Waals surface area contributed by atoms with Crippen molar-refractivity contribution in [3.8, 4) is 5.75 Å². The van der Waals surface area contributed by atoms with E-state index in [0.717, 1.165) is 11.3 Å². The Morgan fingerprint density at radius 1 is 1.26 bits per heavy atom. The molecule has 0 aromatic heterocycles. The van der Waals surface area contributed by atoms with Crippen LogP contribution in [0.25, 0.3) is 0 Å². The number of hydrogen-bond acceptors (Lipinski definition) is 3. The quantitative estimate of drug-likeness (QED) is 0.873. The molecule has 0 saturated carbocycles. The number of hydrogen-bond donors (Lipinski definition) is 1. The molecule has 0 saturated heterocycles. The van der Waals surface area contributed by atoms with E-state index in [2.05, 4.69) is 13.8 Å².